The van der Waals surface area contributed by atoms with Gasteiger partial charge in [0.05, 0.1) is 0 Å². The normalized spacial score (nSPS) is 15.1. The molecule has 0 bridgehead atoms. The van der Waals surface area contributed by atoms with Crippen LogP contribution in [0.15, 0.2) is 35.0 Å². The summed E-state index contributed by atoms with van der Waals surface area (Å²) in [6.07, 6.45) is 2.47. The van der Waals surface area contributed by atoms with Gasteiger partial charge in [0.25, 0.3) is 0 Å². The average Bonchev–Trinajstić information content (AvgIpc) is 3.12. The van der Waals surface area contributed by atoms with Gasteiger partial charge in [-0.3, -0.25) is 4.90 Å². The largest absolute Gasteiger partial charge is 0.398 e. The van der Waals surface area contributed by atoms with E-state index in [1.54, 1.807) is 23.5 Å². The summed E-state index contributed by atoms with van der Waals surface area (Å²) in [6, 6.07) is 7.40. The highest BCUT2D eigenvalue weighted by molar-refractivity contribution is 7.07. The van der Waals surface area contributed by atoms with E-state index in [9.17, 15) is 4.39 Å². The first-order valence-corrected chi connectivity index (χ1v) is 7.45. The number of anilines is 1. The second kappa shape index (κ2) is 5.31. The molecule has 2 nitrogen and oxygen atoms in total. The quantitative estimate of drug-likeness (QED) is 0.845. The van der Waals surface area contributed by atoms with Crippen molar-refractivity contribution in [3.8, 4) is 0 Å². The molecule has 1 aliphatic rings. The van der Waals surface area contributed by atoms with Crippen molar-refractivity contribution in [2.75, 3.05) is 5.73 Å². The molecule has 1 heterocycles. The van der Waals surface area contributed by atoms with E-state index in [1.165, 1.54) is 24.5 Å². The van der Waals surface area contributed by atoms with Crippen molar-refractivity contribution >= 4 is 17.0 Å². The lowest BCUT2D eigenvalue weighted by atomic mass is 10.1. The van der Waals surface area contributed by atoms with Crippen LogP contribution in [0.25, 0.3) is 0 Å². The van der Waals surface area contributed by atoms with Gasteiger partial charge in [-0.15, -0.1) is 0 Å². The lowest BCUT2D eigenvalue weighted by molar-refractivity contribution is 0.246. The standard InChI is InChI=1S/C15H17FN2S/c16-13-1-4-15(17)12(7-13)9-18(14-2-3-14)8-11-5-6-19-10-11/h1,4-7,10,14H,2-3,8-9,17H2. The average molecular weight is 276 g/mol. The molecule has 100 valence electrons. The molecule has 1 saturated carbocycles. The van der Waals surface area contributed by atoms with E-state index < -0.39 is 0 Å². The van der Waals surface area contributed by atoms with Gasteiger partial charge in [-0.05, 0) is 59.0 Å². The molecule has 0 unspecified atom stereocenters. The maximum atomic E-state index is 13.3. The van der Waals surface area contributed by atoms with Crippen LogP contribution in [0.2, 0.25) is 0 Å². The maximum absolute atomic E-state index is 13.3. The maximum Gasteiger partial charge on any atom is 0.123 e. The Morgan fingerprint density at radius 3 is 2.79 bits per heavy atom. The minimum absolute atomic E-state index is 0.213. The number of nitrogen functional groups attached to an aromatic ring is 1. The van der Waals surface area contributed by atoms with Gasteiger partial charge in [-0.2, -0.15) is 11.3 Å². The van der Waals surface area contributed by atoms with Crippen molar-refractivity contribution < 1.29 is 4.39 Å². The van der Waals surface area contributed by atoms with E-state index in [0.29, 0.717) is 11.7 Å². The third-order valence-corrected chi connectivity index (χ3v) is 4.24. The van der Waals surface area contributed by atoms with Crippen LogP contribution in [0, 0.1) is 5.82 Å². The van der Waals surface area contributed by atoms with Crippen molar-refractivity contribution in [1.82, 2.24) is 4.90 Å². The SMILES string of the molecule is Nc1ccc(F)cc1CN(Cc1ccsc1)C1CC1. The molecule has 1 aromatic carbocycles. The topological polar surface area (TPSA) is 29.3 Å². The number of halogens is 1. The molecule has 2 N–H and O–H groups in total. The monoisotopic (exact) mass is 276 g/mol. The predicted octanol–water partition coefficient (Wildman–Crippen LogP) is 3.63. The van der Waals surface area contributed by atoms with E-state index in [0.717, 1.165) is 18.7 Å². The molecular formula is C15H17FN2S. The van der Waals surface area contributed by atoms with Crippen LogP contribution in [0.1, 0.15) is 24.0 Å². The van der Waals surface area contributed by atoms with Crippen LogP contribution in [0.3, 0.4) is 0 Å². The Kier molecular flexibility index (Phi) is 3.53. The highest BCUT2D eigenvalue weighted by Crippen LogP contribution is 2.31. The summed E-state index contributed by atoms with van der Waals surface area (Å²) >= 11 is 1.71. The first-order chi connectivity index (χ1) is 9.22. The zero-order valence-corrected chi connectivity index (χ0v) is 11.5. The lowest BCUT2D eigenvalue weighted by Crippen LogP contribution is -2.25. The Morgan fingerprint density at radius 2 is 2.11 bits per heavy atom. The number of thiophene rings is 1. The fourth-order valence-corrected chi connectivity index (χ4v) is 2.96. The van der Waals surface area contributed by atoms with Gasteiger partial charge >= 0.3 is 0 Å². The van der Waals surface area contributed by atoms with Crippen LogP contribution >= 0.6 is 11.3 Å². The molecule has 0 spiro atoms. The zero-order chi connectivity index (χ0) is 13.2. The highest BCUT2D eigenvalue weighted by Gasteiger charge is 2.29. The summed E-state index contributed by atoms with van der Waals surface area (Å²) < 4.78 is 13.3. The van der Waals surface area contributed by atoms with Gasteiger partial charge in [0.2, 0.25) is 0 Å². The van der Waals surface area contributed by atoms with E-state index in [1.807, 2.05) is 0 Å². The Hall–Kier alpha value is -1.39. The summed E-state index contributed by atoms with van der Waals surface area (Å²) in [4.78, 5) is 2.40. The summed E-state index contributed by atoms with van der Waals surface area (Å²) in [7, 11) is 0. The Balaban J connectivity index is 1.76. The van der Waals surface area contributed by atoms with Gasteiger partial charge in [0.15, 0.2) is 0 Å². The highest BCUT2D eigenvalue weighted by atomic mass is 32.1. The van der Waals surface area contributed by atoms with E-state index >= 15 is 0 Å². The molecule has 19 heavy (non-hydrogen) atoms. The second-order valence-electron chi connectivity index (χ2n) is 5.11. The van der Waals surface area contributed by atoms with Crippen molar-refractivity contribution in [1.29, 1.82) is 0 Å². The molecule has 1 fully saturated rings. The molecule has 0 radical (unpaired) electrons. The second-order valence-corrected chi connectivity index (χ2v) is 5.89. The van der Waals surface area contributed by atoms with Crippen LogP contribution < -0.4 is 5.73 Å². The zero-order valence-electron chi connectivity index (χ0n) is 10.7. The first-order valence-electron chi connectivity index (χ1n) is 6.51. The van der Waals surface area contributed by atoms with E-state index in [-0.39, 0.29) is 5.82 Å². The molecule has 1 aliphatic carbocycles. The number of nitrogens with two attached hydrogens (primary N) is 1. The predicted molar refractivity (Wildman–Crippen MR) is 77.4 cm³/mol. The minimum atomic E-state index is -0.213. The molecular weight excluding hydrogens is 259 g/mol. The van der Waals surface area contributed by atoms with E-state index in [4.69, 9.17) is 5.73 Å². The first kappa shape index (κ1) is 12.6. The Morgan fingerprint density at radius 1 is 1.26 bits per heavy atom. The van der Waals surface area contributed by atoms with Crippen LogP contribution in [0.4, 0.5) is 10.1 Å². The van der Waals surface area contributed by atoms with Crippen molar-refractivity contribution in [2.24, 2.45) is 0 Å². The van der Waals surface area contributed by atoms with Crippen molar-refractivity contribution in [3.63, 3.8) is 0 Å². The van der Waals surface area contributed by atoms with Crippen LogP contribution in [-0.2, 0) is 13.1 Å². The Labute approximate surface area is 116 Å². The molecule has 4 heteroatoms. The molecule has 0 aliphatic heterocycles. The van der Waals surface area contributed by atoms with Crippen molar-refractivity contribution in [2.45, 2.75) is 32.0 Å². The number of hydrogen-bond acceptors (Lipinski definition) is 3. The summed E-state index contributed by atoms with van der Waals surface area (Å²) in [5.74, 6) is -0.213. The smallest absolute Gasteiger partial charge is 0.123 e. The molecule has 1 aromatic heterocycles. The summed E-state index contributed by atoms with van der Waals surface area (Å²) in [5, 5.41) is 4.27. The number of benzene rings is 1. The third kappa shape index (κ3) is 3.14. The summed E-state index contributed by atoms with van der Waals surface area (Å²) in [5.41, 5.74) is 8.84. The fraction of sp³-hybridized carbons (Fsp3) is 0.333. The molecule has 0 saturated heterocycles. The van der Waals surface area contributed by atoms with Gasteiger partial charge in [0, 0.05) is 24.8 Å². The van der Waals surface area contributed by atoms with Crippen molar-refractivity contribution in [3.05, 3.63) is 52.0 Å². The number of rotatable bonds is 5. The lowest BCUT2D eigenvalue weighted by Gasteiger charge is -2.22. The third-order valence-electron chi connectivity index (χ3n) is 3.51. The van der Waals surface area contributed by atoms with E-state index in [2.05, 4.69) is 21.7 Å². The van der Waals surface area contributed by atoms with Gasteiger partial charge in [-0.25, -0.2) is 4.39 Å². The van der Waals surface area contributed by atoms with Crippen LogP contribution in [-0.4, -0.2) is 10.9 Å². The Bertz CT molecular complexity index is 549. The minimum Gasteiger partial charge on any atom is -0.398 e. The van der Waals surface area contributed by atoms with Gasteiger partial charge in [-0.1, -0.05) is 0 Å². The van der Waals surface area contributed by atoms with Gasteiger partial charge in [0.1, 0.15) is 5.82 Å². The van der Waals surface area contributed by atoms with Gasteiger partial charge < -0.3 is 5.73 Å². The molecule has 0 amide bonds. The summed E-state index contributed by atoms with van der Waals surface area (Å²) in [6.45, 7) is 1.65. The number of nitrogens with zero attached hydrogens (tertiary/aromatic N) is 1. The fourth-order valence-electron chi connectivity index (χ4n) is 2.30. The molecule has 0 atom stereocenters. The van der Waals surface area contributed by atoms with Crippen LogP contribution in [0.5, 0.6) is 0 Å². The number of hydrogen-bond donors (Lipinski definition) is 1. The molecule has 2 aromatic rings. The molecule has 3 rings (SSSR count).